The summed E-state index contributed by atoms with van der Waals surface area (Å²) in [6, 6.07) is -0.174. The van der Waals surface area contributed by atoms with Crippen molar-refractivity contribution in [1.82, 2.24) is 19.6 Å². The van der Waals surface area contributed by atoms with Crippen molar-refractivity contribution in [1.29, 1.82) is 0 Å². The predicted octanol–water partition coefficient (Wildman–Crippen LogP) is -0.339. The number of rotatable bonds is 6. The van der Waals surface area contributed by atoms with Crippen LogP contribution in [-0.2, 0) is 27.7 Å². The highest BCUT2D eigenvalue weighted by Gasteiger charge is 2.46. The number of carboxylic acid groups (broad SMARTS) is 1. The van der Waals surface area contributed by atoms with E-state index in [0.29, 0.717) is 19.6 Å². The maximum absolute atomic E-state index is 12.1. The average Bonchev–Trinajstić information content (AvgIpc) is 3.09. The van der Waals surface area contributed by atoms with Gasteiger partial charge in [-0.25, -0.2) is 8.42 Å². The molecule has 24 heavy (non-hydrogen) atoms. The number of piperazine rings is 1. The number of carboxylic acids is 1. The summed E-state index contributed by atoms with van der Waals surface area (Å²) >= 11 is 0. The Bertz CT molecular complexity index is 702. The number of aliphatic carboxylic acids is 1. The van der Waals surface area contributed by atoms with Gasteiger partial charge < -0.3 is 5.11 Å². The zero-order valence-corrected chi connectivity index (χ0v) is 14.7. The van der Waals surface area contributed by atoms with Crippen molar-refractivity contribution in [3.05, 3.63) is 18.0 Å². The molecule has 0 unspecified atom stereocenters. The Kier molecular flexibility index (Phi) is 4.93. The van der Waals surface area contributed by atoms with E-state index in [-0.39, 0.29) is 30.0 Å². The molecule has 2 aliphatic heterocycles. The highest BCUT2D eigenvalue weighted by Crippen LogP contribution is 2.28. The number of aromatic nitrogens is 2. The van der Waals surface area contributed by atoms with Gasteiger partial charge in [-0.05, 0) is 6.92 Å². The predicted molar refractivity (Wildman–Crippen MR) is 88.4 cm³/mol. The maximum Gasteiger partial charge on any atom is 0.304 e. The molecular weight excluding hydrogens is 332 g/mol. The highest BCUT2D eigenvalue weighted by molar-refractivity contribution is 7.91. The molecule has 2 atom stereocenters. The molecule has 0 spiro atoms. The van der Waals surface area contributed by atoms with Gasteiger partial charge in [0.15, 0.2) is 9.84 Å². The van der Waals surface area contributed by atoms with Crippen LogP contribution in [0.25, 0.3) is 0 Å². The van der Waals surface area contributed by atoms with Crippen molar-refractivity contribution < 1.29 is 18.3 Å². The fourth-order valence-electron chi connectivity index (χ4n) is 3.71. The minimum absolute atomic E-state index is 0.0482. The van der Waals surface area contributed by atoms with Crippen molar-refractivity contribution in [2.75, 3.05) is 31.1 Å². The van der Waals surface area contributed by atoms with Crippen LogP contribution in [0.4, 0.5) is 0 Å². The fourth-order valence-corrected chi connectivity index (χ4v) is 5.75. The van der Waals surface area contributed by atoms with Crippen LogP contribution < -0.4 is 0 Å². The lowest BCUT2D eigenvalue weighted by molar-refractivity contribution is -0.137. The first-order valence-corrected chi connectivity index (χ1v) is 10.1. The average molecular weight is 356 g/mol. The molecule has 3 heterocycles. The number of carbonyl (C=O) groups is 1. The van der Waals surface area contributed by atoms with Gasteiger partial charge in [0.2, 0.25) is 0 Å². The number of hydrogen-bond donors (Lipinski definition) is 1. The van der Waals surface area contributed by atoms with Crippen LogP contribution in [0, 0.1) is 0 Å². The Morgan fingerprint density at radius 3 is 2.58 bits per heavy atom. The molecule has 0 radical (unpaired) electrons. The zero-order chi connectivity index (χ0) is 17.3. The Labute approximate surface area is 142 Å². The molecule has 2 aliphatic rings. The van der Waals surface area contributed by atoms with Crippen LogP contribution in [0.5, 0.6) is 0 Å². The van der Waals surface area contributed by atoms with Crippen LogP contribution >= 0.6 is 0 Å². The van der Waals surface area contributed by atoms with Gasteiger partial charge in [0.25, 0.3) is 0 Å². The van der Waals surface area contributed by atoms with Gasteiger partial charge in [0.1, 0.15) is 0 Å². The Morgan fingerprint density at radius 2 is 1.96 bits per heavy atom. The monoisotopic (exact) mass is 356 g/mol. The van der Waals surface area contributed by atoms with Crippen LogP contribution in [0.3, 0.4) is 0 Å². The maximum atomic E-state index is 12.1. The highest BCUT2D eigenvalue weighted by atomic mass is 32.2. The summed E-state index contributed by atoms with van der Waals surface area (Å²) in [7, 11) is -3.08. The van der Waals surface area contributed by atoms with Crippen molar-refractivity contribution >= 4 is 15.8 Å². The molecule has 3 rings (SSSR count). The first-order chi connectivity index (χ1) is 11.4. The molecule has 8 nitrogen and oxygen atoms in total. The van der Waals surface area contributed by atoms with Gasteiger partial charge in [-0.15, -0.1) is 0 Å². The van der Waals surface area contributed by atoms with Crippen LogP contribution in [0.15, 0.2) is 12.4 Å². The Morgan fingerprint density at radius 1 is 1.29 bits per heavy atom. The van der Waals surface area contributed by atoms with Crippen molar-refractivity contribution in [2.45, 2.75) is 38.5 Å². The zero-order valence-electron chi connectivity index (χ0n) is 13.8. The number of nitrogens with zero attached hydrogens (tertiary/aromatic N) is 4. The van der Waals surface area contributed by atoms with E-state index in [1.165, 1.54) is 0 Å². The first-order valence-electron chi connectivity index (χ1n) is 8.29. The summed E-state index contributed by atoms with van der Waals surface area (Å²) < 4.78 is 26.1. The quantitative estimate of drug-likeness (QED) is 0.745. The van der Waals surface area contributed by atoms with Gasteiger partial charge in [-0.1, -0.05) is 0 Å². The molecule has 1 aromatic heterocycles. The van der Waals surface area contributed by atoms with E-state index in [4.69, 9.17) is 5.11 Å². The van der Waals surface area contributed by atoms with Crippen molar-refractivity contribution in [3.8, 4) is 0 Å². The Hall–Kier alpha value is -1.45. The van der Waals surface area contributed by atoms with Gasteiger partial charge in [-0.3, -0.25) is 19.3 Å². The van der Waals surface area contributed by atoms with Crippen molar-refractivity contribution in [3.63, 3.8) is 0 Å². The number of aryl methyl sites for hydroxylation is 1. The molecule has 0 saturated carbocycles. The molecule has 1 aromatic rings. The lowest BCUT2D eigenvalue weighted by Crippen LogP contribution is -2.58. The molecule has 134 valence electrons. The third-order valence-electron chi connectivity index (χ3n) is 4.92. The van der Waals surface area contributed by atoms with E-state index in [0.717, 1.165) is 18.7 Å². The molecule has 9 heteroatoms. The summed E-state index contributed by atoms with van der Waals surface area (Å²) in [4.78, 5) is 15.1. The lowest BCUT2D eigenvalue weighted by atomic mass is 10.0. The van der Waals surface area contributed by atoms with Crippen LogP contribution in [0.2, 0.25) is 0 Å². The molecule has 0 amide bonds. The minimum atomic E-state index is -3.08. The molecule has 0 bridgehead atoms. The smallest absolute Gasteiger partial charge is 0.304 e. The molecule has 2 saturated heterocycles. The third kappa shape index (κ3) is 3.79. The van der Waals surface area contributed by atoms with Gasteiger partial charge in [0.05, 0.1) is 24.1 Å². The first kappa shape index (κ1) is 17.4. The second kappa shape index (κ2) is 6.81. The fraction of sp³-hybridized carbons (Fsp3) is 0.733. The van der Waals surface area contributed by atoms with E-state index >= 15 is 0 Å². The molecule has 2 fully saturated rings. The summed E-state index contributed by atoms with van der Waals surface area (Å²) in [5, 5.41) is 13.2. The number of sulfone groups is 1. The van der Waals surface area contributed by atoms with Gasteiger partial charge in [-0.2, -0.15) is 5.10 Å². The largest absolute Gasteiger partial charge is 0.481 e. The van der Waals surface area contributed by atoms with E-state index in [9.17, 15) is 13.2 Å². The van der Waals surface area contributed by atoms with Gasteiger partial charge in [0, 0.05) is 56.6 Å². The Balaban J connectivity index is 1.72. The number of hydrogen-bond acceptors (Lipinski definition) is 6. The minimum Gasteiger partial charge on any atom is -0.481 e. The topological polar surface area (TPSA) is 95.7 Å². The van der Waals surface area contributed by atoms with Gasteiger partial charge >= 0.3 is 5.97 Å². The lowest BCUT2D eigenvalue weighted by Gasteiger charge is -2.43. The second-order valence-corrected chi connectivity index (χ2v) is 8.72. The van der Waals surface area contributed by atoms with E-state index < -0.39 is 15.8 Å². The van der Waals surface area contributed by atoms with E-state index in [1.807, 2.05) is 28.9 Å². The van der Waals surface area contributed by atoms with Crippen molar-refractivity contribution in [2.24, 2.45) is 0 Å². The normalized spacial score (nSPS) is 27.2. The molecule has 0 aromatic carbocycles. The molecule has 1 N–H and O–H groups in total. The third-order valence-corrected chi connectivity index (χ3v) is 6.61. The summed E-state index contributed by atoms with van der Waals surface area (Å²) in [5.41, 5.74) is 1.08. The SMILES string of the molecule is CCn1cc(CN2CCN(CCC(=O)O)[C@@H]3CS(=O)(=O)C[C@@H]32)cn1. The summed E-state index contributed by atoms with van der Waals surface area (Å²) in [5.74, 6) is -0.563. The van der Waals surface area contributed by atoms with Crippen LogP contribution in [-0.4, -0.2) is 82.3 Å². The van der Waals surface area contributed by atoms with Crippen LogP contribution in [0.1, 0.15) is 18.9 Å². The second-order valence-electron chi connectivity index (χ2n) is 6.57. The molecule has 0 aliphatic carbocycles. The number of fused-ring (bicyclic) bond motifs is 1. The standard InChI is InChI=1S/C15H24N4O4S/c1-2-19-9-12(7-16-19)8-18-6-5-17(4-3-15(20)21)13-10-24(22,23)11-14(13)18/h7,9,13-14H,2-6,8,10-11H2,1H3,(H,20,21)/t13-,14+/m1/s1. The van der Waals surface area contributed by atoms with E-state index in [1.54, 1.807) is 0 Å². The van der Waals surface area contributed by atoms with E-state index in [2.05, 4.69) is 10.00 Å². The molecular formula is C15H24N4O4S. The summed E-state index contributed by atoms with van der Waals surface area (Å²) in [6.07, 6.45) is 3.88. The summed E-state index contributed by atoms with van der Waals surface area (Å²) in [6.45, 7) is 5.37.